The summed E-state index contributed by atoms with van der Waals surface area (Å²) in [7, 11) is 2.13. The van der Waals surface area contributed by atoms with Crippen molar-refractivity contribution in [2.45, 2.75) is 6.18 Å². The van der Waals surface area contributed by atoms with Crippen molar-refractivity contribution in [3.63, 3.8) is 0 Å². The lowest BCUT2D eigenvalue weighted by molar-refractivity contribution is -0.385. The summed E-state index contributed by atoms with van der Waals surface area (Å²) in [4.78, 5) is 9.56. The van der Waals surface area contributed by atoms with Gasteiger partial charge in [0, 0.05) is 6.07 Å². The molecule has 0 N–H and O–H groups in total. The molecule has 17 heavy (non-hydrogen) atoms. The maximum absolute atomic E-state index is 12.6. The average Bonchev–Trinajstić information content (AvgIpc) is 2.25. The van der Waals surface area contributed by atoms with Crippen LogP contribution in [0.1, 0.15) is 5.56 Å². The molecule has 0 saturated heterocycles. The van der Waals surface area contributed by atoms with Crippen LogP contribution in [0.25, 0.3) is 0 Å². The molecule has 1 rings (SSSR count). The number of nitrogens with zero attached hydrogens (tertiary/aromatic N) is 1. The van der Waals surface area contributed by atoms with Gasteiger partial charge in [-0.05, 0) is 0 Å². The topological polar surface area (TPSA) is 61.6 Å². The van der Waals surface area contributed by atoms with Crippen molar-refractivity contribution in [3.05, 3.63) is 27.8 Å². The fourth-order valence-electron chi connectivity index (χ4n) is 1.27. The number of benzene rings is 1. The van der Waals surface area contributed by atoms with E-state index < -0.39 is 28.1 Å². The van der Waals surface area contributed by atoms with Crippen LogP contribution < -0.4 is 9.47 Å². The molecule has 0 heterocycles. The van der Waals surface area contributed by atoms with Crippen LogP contribution in [0.2, 0.25) is 0 Å². The minimum Gasteiger partial charge on any atom is -0.493 e. The Balaban J connectivity index is 3.54. The molecule has 0 aliphatic rings. The number of hydrogen-bond donors (Lipinski definition) is 0. The predicted octanol–water partition coefficient (Wildman–Crippen LogP) is 2.63. The van der Waals surface area contributed by atoms with Crippen LogP contribution in [0.5, 0.6) is 11.5 Å². The largest absolute Gasteiger partial charge is 0.493 e. The highest BCUT2D eigenvalue weighted by atomic mass is 19.4. The van der Waals surface area contributed by atoms with E-state index in [-0.39, 0.29) is 5.75 Å². The molecular formula is C9H8F3NO4. The van der Waals surface area contributed by atoms with E-state index in [1.807, 2.05) is 0 Å². The Labute approximate surface area is 93.9 Å². The summed E-state index contributed by atoms with van der Waals surface area (Å²) in [5.74, 6) is -0.917. The minimum absolute atomic E-state index is 0.339. The zero-order valence-electron chi connectivity index (χ0n) is 8.87. The Morgan fingerprint density at radius 2 is 1.82 bits per heavy atom. The lowest BCUT2D eigenvalue weighted by atomic mass is 10.1. The van der Waals surface area contributed by atoms with Gasteiger partial charge in [0.25, 0.3) is 5.69 Å². The zero-order chi connectivity index (χ0) is 13.2. The van der Waals surface area contributed by atoms with Crippen molar-refractivity contribution < 1.29 is 27.6 Å². The molecule has 0 atom stereocenters. The lowest BCUT2D eigenvalue weighted by Gasteiger charge is -2.14. The number of rotatable bonds is 3. The number of non-ortho nitro benzene ring substituents is 1. The molecule has 1 aromatic carbocycles. The molecular weight excluding hydrogens is 243 g/mol. The molecule has 94 valence electrons. The van der Waals surface area contributed by atoms with Gasteiger partial charge in [-0.1, -0.05) is 0 Å². The van der Waals surface area contributed by atoms with Crippen molar-refractivity contribution in [2.24, 2.45) is 0 Å². The lowest BCUT2D eigenvalue weighted by Crippen LogP contribution is -2.09. The van der Waals surface area contributed by atoms with Gasteiger partial charge in [-0.15, -0.1) is 0 Å². The average molecular weight is 251 g/mol. The van der Waals surface area contributed by atoms with Gasteiger partial charge in [-0.2, -0.15) is 13.2 Å². The highest BCUT2D eigenvalue weighted by Crippen LogP contribution is 2.43. The molecule has 0 radical (unpaired) electrons. The Kier molecular flexibility index (Phi) is 3.45. The smallest absolute Gasteiger partial charge is 0.420 e. The monoisotopic (exact) mass is 251 g/mol. The third kappa shape index (κ3) is 2.58. The van der Waals surface area contributed by atoms with Crippen molar-refractivity contribution in [2.75, 3.05) is 14.2 Å². The standard InChI is InChI=1S/C9H8F3NO4/c1-16-7-4-5(13(14)15)3-6(8(7)17-2)9(10,11)12/h3-4H,1-2H3. The number of nitro benzene ring substituents is 1. The number of hydrogen-bond acceptors (Lipinski definition) is 4. The number of alkyl halides is 3. The molecule has 0 fully saturated rings. The molecule has 8 heteroatoms. The maximum atomic E-state index is 12.6. The molecule has 0 saturated carbocycles. The maximum Gasteiger partial charge on any atom is 0.420 e. The molecule has 0 aliphatic carbocycles. The Morgan fingerprint density at radius 1 is 1.24 bits per heavy atom. The van der Waals surface area contributed by atoms with Crippen LogP contribution in [0.15, 0.2) is 12.1 Å². The first-order valence-electron chi connectivity index (χ1n) is 4.29. The van der Waals surface area contributed by atoms with E-state index in [0.717, 1.165) is 20.3 Å². The van der Waals surface area contributed by atoms with Crippen LogP contribution in [-0.2, 0) is 6.18 Å². The van der Waals surface area contributed by atoms with E-state index in [4.69, 9.17) is 0 Å². The van der Waals surface area contributed by atoms with Gasteiger partial charge in [0.1, 0.15) is 5.56 Å². The molecule has 5 nitrogen and oxygen atoms in total. The van der Waals surface area contributed by atoms with Gasteiger partial charge in [-0.25, -0.2) is 0 Å². The predicted molar refractivity (Wildman–Crippen MR) is 51.2 cm³/mol. The summed E-state index contributed by atoms with van der Waals surface area (Å²) in [5, 5.41) is 10.5. The first-order valence-corrected chi connectivity index (χ1v) is 4.29. The fraction of sp³-hybridized carbons (Fsp3) is 0.333. The van der Waals surface area contributed by atoms with E-state index in [2.05, 4.69) is 9.47 Å². The Hall–Kier alpha value is -1.99. The second kappa shape index (κ2) is 4.48. The first kappa shape index (κ1) is 13.1. The normalized spacial score (nSPS) is 11.1. The number of ether oxygens (including phenoxy) is 2. The van der Waals surface area contributed by atoms with Gasteiger partial charge in [0.15, 0.2) is 11.5 Å². The van der Waals surface area contributed by atoms with Crippen LogP contribution in [0.3, 0.4) is 0 Å². The fourth-order valence-corrected chi connectivity index (χ4v) is 1.27. The van der Waals surface area contributed by atoms with E-state index in [0.29, 0.717) is 6.07 Å². The molecule has 0 amide bonds. The van der Waals surface area contributed by atoms with Gasteiger partial charge in [-0.3, -0.25) is 10.1 Å². The molecule has 1 aromatic rings. The Morgan fingerprint density at radius 3 is 2.18 bits per heavy atom. The van der Waals surface area contributed by atoms with Crippen LogP contribution in [-0.4, -0.2) is 19.1 Å². The summed E-state index contributed by atoms with van der Waals surface area (Å²) in [6.45, 7) is 0. The number of halogens is 3. The SMILES string of the molecule is COc1cc([N+](=O)[O-])cc(C(F)(F)F)c1OC. The Bertz CT molecular complexity index is 445. The second-order valence-electron chi connectivity index (χ2n) is 2.98. The van der Waals surface area contributed by atoms with E-state index in [1.54, 1.807) is 0 Å². The molecule has 0 bridgehead atoms. The van der Waals surface area contributed by atoms with Gasteiger partial charge in [0.2, 0.25) is 0 Å². The zero-order valence-corrected chi connectivity index (χ0v) is 8.87. The highest BCUT2D eigenvalue weighted by molar-refractivity contribution is 5.55. The van der Waals surface area contributed by atoms with Crippen molar-refractivity contribution in [3.8, 4) is 11.5 Å². The number of methoxy groups -OCH3 is 2. The van der Waals surface area contributed by atoms with Crippen molar-refractivity contribution >= 4 is 5.69 Å². The summed E-state index contributed by atoms with van der Waals surface area (Å²) in [6, 6.07) is 1.27. The molecule has 0 aliphatic heterocycles. The molecule has 0 aromatic heterocycles. The summed E-state index contributed by atoms with van der Waals surface area (Å²) in [5.41, 5.74) is -1.96. The third-order valence-corrected chi connectivity index (χ3v) is 1.98. The second-order valence-corrected chi connectivity index (χ2v) is 2.98. The summed E-state index contributed by atoms with van der Waals surface area (Å²) < 4.78 is 47.1. The van der Waals surface area contributed by atoms with Gasteiger partial charge < -0.3 is 9.47 Å². The van der Waals surface area contributed by atoms with E-state index in [9.17, 15) is 23.3 Å². The van der Waals surface area contributed by atoms with E-state index >= 15 is 0 Å². The number of nitro groups is 1. The summed E-state index contributed by atoms with van der Waals surface area (Å²) in [6.07, 6.45) is -4.76. The quantitative estimate of drug-likeness (QED) is 0.612. The van der Waals surface area contributed by atoms with Crippen LogP contribution in [0, 0.1) is 10.1 Å². The first-order chi connectivity index (χ1) is 7.81. The van der Waals surface area contributed by atoms with Crippen LogP contribution in [0.4, 0.5) is 18.9 Å². The minimum atomic E-state index is -4.76. The van der Waals surface area contributed by atoms with Crippen LogP contribution >= 0.6 is 0 Å². The van der Waals surface area contributed by atoms with Crippen molar-refractivity contribution in [1.29, 1.82) is 0 Å². The van der Waals surface area contributed by atoms with Gasteiger partial charge >= 0.3 is 6.18 Å². The van der Waals surface area contributed by atoms with E-state index in [1.165, 1.54) is 0 Å². The third-order valence-electron chi connectivity index (χ3n) is 1.98. The van der Waals surface area contributed by atoms with Crippen molar-refractivity contribution in [1.82, 2.24) is 0 Å². The molecule has 0 spiro atoms. The summed E-state index contributed by atoms with van der Waals surface area (Å²) >= 11 is 0. The molecule has 0 unspecified atom stereocenters. The highest BCUT2D eigenvalue weighted by Gasteiger charge is 2.38. The van der Waals surface area contributed by atoms with Gasteiger partial charge in [0.05, 0.1) is 25.2 Å².